The van der Waals surface area contributed by atoms with Crippen molar-refractivity contribution in [3.8, 4) is 0 Å². The maximum Gasteiger partial charge on any atom is 0.401 e. The van der Waals surface area contributed by atoms with Gasteiger partial charge in [-0.25, -0.2) is 0 Å². The minimum absolute atomic E-state index is 0. The number of hydrogen-bond acceptors (Lipinski definition) is 3. The number of rotatable bonds is 7. The topological polar surface area (TPSA) is 30.9 Å². The number of nitrogens with one attached hydrogen (secondary N) is 1. The van der Waals surface area contributed by atoms with E-state index in [1.165, 1.54) is 9.80 Å². The molecule has 170 valence electrons. The minimum atomic E-state index is -4.12. The van der Waals surface area contributed by atoms with E-state index in [1.54, 1.807) is 0 Å². The zero-order chi connectivity index (χ0) is 20.7. The van der Waals surface area contributed by atoms with E-state index < -0.39 is 12.7 Å². The SMILES string of the molecule is CCNC(=NCC1CCN(CC(F)(F)F)C1)N1CCC(CSc2ccccc2)C1.I. The number of alkyl halides is 3. The van der Waals surface area contributed by atoms with Crippen molar-refractivity contribution >= 4 is 41.7 Å². The Labute approximate surface area is 199 Å². The second-order valence-electron chi connectivity index (χ2n) is 7.92. The van der Waals surface area contributed by atoms with Crippen LogP contribution in [-0.4, -0.2) is 73.5 Å². The van der Waals surface area contributed by atoms with Crippen molar-refractivity contribution in [2.24, 2.45) is 16.8 Å². The Morgan fingerprint density at radius 3 is 2.57 bits per heavy atom. The second kappa shape index (κ2) is 12.4. The Balaban J connectivity index is 0.00000320. The number of benzene rings is 1. The summed E-state index contributed by atoms with van der Waals surface area (Å²) in [5, 5.41) is 3.37. The van der Waals surface area contributed by atoms with Gasteiger partial charge in [-0.1, -0.05) is 18.2 Å². The summed E-state index contributed by atoms with van der Waals surface area (Å²) >= 11 is 1.90. The van der Waals surface area contributed by atoms with Crippen molar-refractivity contribution in [1.29, 1.82) is 0 Å². The van der Waals surface area contributed by atoms with Gasteiger partial charge >= 0.3 is 6.18 Å². The van der Waals surface area contributed by atoms with E-state index in [9.17, 15) is 13.2 Å². The first-order chi connectivity index (χ1) is 13.9. The van der Waals surface area contributed by atoms with Crippen LogP contribution < -0.4 is 5.32 Å². The van der Waals surface area contributed by atoms with E-state index in [2.05, 4.69) is 41.4 Å². The molecule has 1 aromatic carbocycles. The number of aliphatic imine (C=N–C) groups is 1. The van der Waals surface area contributed by atoms with Gasteiger partial charge in [0, 0.05) is 43.4 Å². The Morgan fingerprint density at radius 2 is 1.87 bits per heavy atom. The van der Waals surface area contributed by atoms with Crippen molar-refractivity contribution < 1.29 is 13.2 Å². The van der Waals surface area contributed by atoms with Gasteiger partial charge in [0.2, 0.25) is 0 Å². The second-order valence-corrected chi connectivity index (χ2v) is 9.02. The van der Waals surface area contributed by atoms with Crippen LogP contribution in [0.3, 0.4) is 0 Å². The fourth-order valence-corrected chi connectivity index (χ4v) is 5.04. The molecular formula is C21H32F3IN4S. The summed E-state index contributed by atoms with van der Waals surface area (Å²) in [7, 11) is 0. The standard InChI is InChI=1S/C21H31F3N4S.HI/c1-2-25-20(26-12-17-8-10-27(13-17)16-21(22,23)24)28-11-9-18(14-28)15-29-19-6-4-3-5-7-19;/h3-7,17-18H,2,8-16H2,1H3,(H,25,26);1H. The summed E-state index contributed by atoms with van der Waals surface area (Å²) in [6.45, 7) is 5.60. The fraction of sp³-hybridized carbons (Fsp3) is 0.667. The lowest BCUT2D eigenvalue weighted by Crippen LogP contribution is -2.40. The number of hydrogen-bond donors (Lipinski definition) is 1. The number of guanidine groups is 1. The van der Waals surface area contributed by atoms with Gasteiger partial charge in [-0.15, -0.1) is 35.7 Å². The van der Waals surface area contributed by atoms with Gasteiger partial charge < -0.3 is 10.2 Å². The first-order valence-electron chi connectivity index (χ1n) is 10.4. The van der Waals surface area contributed by atoms with E-state index in [0.29, 0.717) is 25.6 Å². The molecule has 2 unspecified atom stereocenters. The zero-order valence-electron chi connectivity index (χ0n) is 17.4. The quantitative estimate of drug-likeness (QED) is 0.231. The number of halogens is 4. The Bertz CT molecular complexity index is 659. The molecule has 0 amide bonds. The van der Waals surface area contributed by atoms with Crippen LogP contribution in [0.25, 0.3) is 0 Å². The number of likely N-dealkylation sites (tertiary alicyclic amines) is 2. The van der Waals surface area contributed by atoms with Crippen LogP contribution in [0, 0.1) is 11.8 Å². The molecule has 4 nitrogen and oxygen atoms in total. The van der Waals surface area contributed by atoms with Gasteiger partial charge in [0.05, 0.1) is 6.54 Å². The van der Waals surface area contributed by atoms with E-state index >= 15 is 0 Å². The van der Waals surface area contributed by atoms with E-state index in [4.69, 9.17) is 4.99 Å². The molecule has 30 heavy (non-hydrogen) atoms. The predicted octanol–water partition coefficient (Wildman–Crippen LogP) is 4.57. The van der Waals surface area contributed by atoms with Crippen LogP contribution in [0.1, 0.15) is 19.8 Å². The largest absolute Gasteiger partial charge is 0.401 e. The predicted molar refractivity (Wildman–Crippen MR) is 129 cm³/mol. The molecule has 3 rings (SSSR count). The smallest absolute Gasteiger partial charge is 0.357 e. The van der Waals surface area contributed by atoms with Gasteiger partial charge in [0.25, 0.3) is 0 Å². The maximum atomic E-state index is 12.6. The highest BCUT2D eigenvalue weighted by Crippen LogP contribution is 2.26. The van der Waals surface area contributed by atoms with Crippen LogP contribution in [0.2, 0.25) is 0 Å². The third-order valence-electron chi connectivity index (χ3n) is 5.42. The van der Waals surface area contributed by atoms with Crippen molar-refractivity contribution in [2.75, 3.05) is 51.6 Å². The summed E-state index contributed by atoms with van der Waals surface area (Å²) in [5.41, 5.74) is 0. The molecule has 1 aromatic rings. The Hall–Kier alpha value is -0.680. The lowest BCUT2D eigenvalue weighted by atomic mass is 10.1. The van der Waals surface area contributed by atoms with Gasteiger partial charge in [0.1, 0.15) is 0 Å². The zero-order valence-corrected chi connectivity index (χ0v) is 20.6. The molecule has 9 heteroatoms. The van der Waals surface area contributed by atoms with E-state index in [0.717, 1.165) is 44.2 Å². The Morgan fingerprint density at radius 1 is 1.13 bits per heavy atom. The maximum absolute atomic E-state index is 12.6. The molecular weight excluding hydrogens is 524 g/mol. The molecule has 2 atom stereocenters. The summed E-state index contributed by atoms with van der Waals surface area (Å²) in [6.07, 6.45) is -2.18. The summed E-state index contributed by atoms with van der Waals surface area (Å²) < 4.78 is 37.7. The van der Waals surface area contributed by atoms with Crippen LogP contribution in [0.15, 0.2) is 40.2 Å². The average molecular weight is 556 g/mol. The average Bonchev–Trinajstić information content (AvgIpc) is 3.32. The number of thioether (sulfide) groups is 1. The van der Waals surface area contributed by atoms with Gasteiger partial charge in [-0.05, 0) is 50.3 Å². The van der Waals surface area contributed by atoms with Crippen LogP contribution in [0.5, 0.6) is 0 Å². The molecule has 2 heterocycles. The molecule has 2 fully saturated rings. The molecule has 0 saturated carbocycles. The molecule has 0 aliphatic carbocycles. The van der Waals surface area contributed by atoms with E-state index in [-0.39, 0.29) is 29.9 Å². The molecule has 0 radical (unpaired) electrons. The van der Waals surface area contributed by atoms with E-state index in [1.807, 2.05) is 17.8 Å². The van der Waals surface area contributed by atoms with Gasteiger partial charge in [-0.3, -0.25) is 9.89 Å². The summed E-state index contributed by atoms with van der Waals surface area (Å²) in [6, 6.07) is 10.5. The highest BCUT2D eigenvalue weighted by atomic mass is 127. The van der Waals surface area contributed by atoms with Crippen LogP contribution in [-0.2, 0) is 0 Å². The highest BCUT2D eigenvalue weighted by molar-refractivity contribution is 14.0. The van der Waals surface area contributed by atoms with Crippen molar-refractivity contribution in [3.63, 3.8) is 0 Å². The molecule has 2 aliphatic rings. The molecule has 2 saturated heterocycles. The fourth-order valence-electron chi connectivity index (χ4n) is 3.99. The first-order valence-corrected chi connectivity index (χ1v) is 11.4. The normalized spacial score (nSPS) is 22.9. The monoisotopic (exact) mass is 556 g/mol. The van der Waals surface area contributed by atoms with Gasteiger partial charge in [0.15, 0.2) is 5.96 Å². The Kier molecular flexibility index (Phi) is 10.6. The van der Waals surface area contributed by atoms with Gasteiger partial charge in [-0.2, -0.15) is 13.2 Å². The molecule has 0 bridgehead atoms. The van der Waals surface area contributed by atoms with Crippen molar-refractivity contribution in [3.05, 3.63) is 30.3 Å². The third-order valence-corrected chi connectivity index (χ3v) is 6.66. The first kappa shape index (κ1) is 25.6. The minimum Gasteiger partial charge on any atom is -0.357 e. The third kappa shape index (κ3) is 8.45. The van der Waals surface area contributed by atoms with Crippen molar-refractivity contribution in [1.82, 2.24) is 15.1 Å². The molecule has 1 N–H and O–H groups in total. The molecule has 2 aliphatic heterocycles. The highest BCUT2D eigenvalue weighted by Gasteiger charge is 2.34. The lowest BCUT2D eigenvalue weighted by molar-refractivity contribution is -0.143. The lowest BCUT2D eigenvalue weighted by Gasteiger charge is -2.22. The summed E-state index contributed by atoms with van der Waals surface area (Å²) in [5.74, 6) is 2.83. The molecule has 0 spiro atoms. The summed E-state index contributed by atoms with van der Waals surface area (Å²) in [4.78, 5) is 9.89. The van der Waals surface area contributed by atoms with Crippen molar-refractivity contribution in [2.45, 2.75) is 30.8 Å². The van der Waals surface area contributed by atoms with Crippen LogP contribution >= 0.6 is 35.7 Å². The van der Waals surface area contributed by atoms with Crippen LogP contribution in [0.4, 0.5) is 13.2 Å². The number of nitrogens with zero attached hydrogens (tertiary/aromatic N) is 3. The molecule has 0 aromatic heterocycles.